The molecule has 2 N–H and O–H groups in total. The van der Waals surface area contributed by atoms with Crippen LogP contribution in [-0.4, -0.2) is 35.1 Å². The Morgan fingerprint density at radius 1 is 1.25 bits per heavy atom. The molecule has 0 aromatic carbocycles. The smallest absolute Gasteiger partial charge is 0.339 e. The SMILES string of the molecule is CN(C)c1ncccc1CNc1ncccc1C(=O)O. The van der Waals surface area contributed by atoms with Crippen molar-refractivity contribution in [3.8, 4) is 0 Å². The van der Waals surface area contributed by atoms with Gasteiger partial charge in [-0.1, -0.05) is 6.07 Å². The molecule has 0 aliphatic heterocycles. The molecule has 20 heavy (non-hydrogen) atoms. The summed E-state index contributed by atoms with van der Waals surface area (Å²) in [7, 11) is 3.82. The molecule has 0 radical (unpaired) electrons. The van der Waals surface area contributed by atoms with Gasteiger partial charge in [0.15, 0.2) is 0 Å². The zero-order valence-electron chi connectivity index (χ0n) is 11.4. The second-order valence-corrected chi connectivity index (χ2v) is 4.44. The van der Waals surface area contributed by atoms with Crippen LogP contribution in [0.1, 0.15) is 15.9 Å². The molecule has 2 heterocycles. The molecule has 0 saturated carbocycles. The Morgan fingerprint density at radius 2 is 1.95 bits per heavy atom. The molecule has 0 amide bonds. The second-order valence-electron chi connectivity index (χ2n) is 4.44. The third-order valence-electron chi connectivity index (χ3n) is 2.78. The highest BCUT2D eigenvalue weighted by Gasteiger charge is 2.11. The van der Waals surface area contributed by atoms with Crippen molar-refractivity contribution in [2.24, 2.45) is 0 Å². The van der Waals surface area contributed by atoms with Crippen LogP contribution in [0.25, 0.3) is 0 Å². The predicted molar refractivity (Wildman–Crippen MR) is 77.1 cm³/mol. The number of aromatic carboxylic acids is 1. The maximum absolute atomic E-state index is 11.1. The number of hydrogen-bond acceptors (Lipinski definition) is 5. The zero-order chi connectivity index (χ0) is 14.5. The summed E-state index contributed by atoms with van der Waals surface area (Å²) >= 11 is 0. The first-order chi connectivity index (χ1) is 9.59. The van der Waals surface area contributed by atoms with Crippen molar-refractivity contribution in [3.05, 3.63) is 47.8 Å². The Labute approximate surface area is 117 Å². The minimum absolute atomic E-state index is 0.155. The van der Waals surface area contributed by atoms with E-state index in [2.05, 4.69) is 15.3 Å². The highest BCUT2D eigenvalue weighted by molar-refractivity contribution is 5.92. The molecule has 0 aliphatic rings. The summed E-state index contributed by atoms with van der Waals surface area (Å²) in [5, 5.41) is 12.2. The minimum atomic E-state index is -1.00. The number of hydrogen-bond donors (Lipinski definition) is 2. The average molecular weight is 272 g/mol. The van der Waals surface area contributed by atoms with Crippen LogP contribution in [0.5, 0.6) is 0 Å². The van der Waals surface area contributed by atoms with E-state index in [4.69, 9.17) is 5.11 Å². The first-order valence-corrected chi connectivity index (χ1v) is 6.13. The van der Waals surface area contributed by atoms with Gasteiger partial charge in [0.05, 0.1) is 0 Å². The number of rotatable bonds is 5. The molecule has 0 fully saturated rings. The Balaban J connectivity index is 2.20. The summed E-state index contributed by atoms with van der Waals surface area (Å²) in [4.78, 5) is 21.4. The summed E-state index contributed by atoms with van der Waals surface area (Å²) in [6.45, 7) is 0.457. The van der Waals surface area contributed by atoms with Crippen molar-refractivity contribution in [3.63, 3.8) is 0 Å². The van der Waals surface area contributed by atoms with Gasteiger partial charge in [-0.05, 0) is 18.2 Å². The molecular weight excluding hydrogens is 256 g/mol. The molecule has 6 heteroatoms. The number of carboxylic acids is 1. The van der Waals surface area contributed by atoms with Gasteiger partial charge in [0.2, 0.25) is 0 Å². The fourth-order valence-electron chi connectivity index (χ4n) is 1.87. The maximum Gasteiger partial charge on any atom is 0.339 e. The Hall–Kier alpha value is -2.63. The number of carbonyl (C=O) groups is 1. The van der Waals surface area contributed by atoms with Gasteiger partial charge in [0.25, 0.3) is 0 Å². The topological polar surface area (TPSA) is 78.4 Å². The van der Waals surface area contributed by atoms with Crippen LogP contribution in [0.15, 0.2) is 36.7 Å². The summed E-state index contributed by atoms with van der Waals surface area (Å²) in [6.07, 6.45) is 3.28. The normalized spacial score (nSPS) is 10.1. The van der Waals surface area contributed by atoms with Crippen molar-refractivity contribution in [1.82, 2.24) is 9.97 Å². The van der Waals surface area contributed by atoms with Crippen molar-refractivity contribution in [1.29, 1.82) is 0 Å². The van der Waals surface area contributed by atoms with Crippen molar-refractivity contribution < 1.29 is 9.90 Å². The van der Waals surface area contributed by atoms with E-state index in [0.29, 0.717) is 12.4 Å². The van der Waals surface area contributed by atoms with E-state index in [1.165, 1.54) is 6.07 Å². The van der Waals surface area contributed by atoms with E-state index < -0.39 is 5.97 Å². The fraction of sp³-hybridized carbons (Fsp3) is 0.214. The van der Waals surface area contributed by atoms with Gasteiger partial charge >= 0.3 is 5.97 Å². The molecule has 0 saturated heterocycles. The minimum Gasteiger partial charge on any atom is -0.478 e. The van der Waals surface area contributed by atoms with Crippen molar-refractivity contribution in [2.45, 2.75) is 6.54 Å². The monoisotopic (exact) mass is 272 g/mol. The number of pyridine rings is 2. The zero-order valence-corrected chi connectivity index (χ0v) is 11.4. The standard InChI is InChI=1S/C14H16N4O2/c1-18(2)13-10(5-3-8-16-13)9-17-12-11(14(19)20)6-4-7-15-12/h3-8H,9H2,1-2H3,(H,15,17)(H,19,20). The van der Waals surface area contributed by atoms with E-state index in [-0.39, 0.29) is 5.56 Å². The van der Waals surface area contributed by atoms with Crippen molar-refractivity contribution >= 4 is 17.6 Å². The summed E-state index contributed by atoms with van der Waals surface area (Å²) < 4.78 is 0. The lowest BCUT2D eigenvalue weighted by atomic mass is 10.2. The van der Waals surface area contributed by atoms with Gasteiger partial charge in [-0.15, -0.1) is 0 Å². The number of anilines is 2. The fourth-order valence-corrected chi connectivity index (χ4v) is 1.87. The van der Waals surface area contributed by atoms with Crippen LogP contribution >= 0.6 is 0 Å². The first kappa shape index (κ1) is 13.8. The van der Waals surface area contributed by atoms with Crippen molar-refractivity contribution in [2.75, 3.05) is 24.3 Å². The van der Waals surface area contributed by atoms with Crippen LogP contribution in [0, 0.1) is 0 Å². The van der Waals surface area contributed by atoms with E-state index in [0.717, 1.165) is 11.4 Å². The largest absolute Gasteiger partial charge is 0.478 e. The van der Waals surface area contributed by atoms with E-state index in [9.17, 15) is 4.79 Å². The lowest BCUT2D eigenvalue weighted by Crippen LogP contribution is -2.15. The van der Waals surface area contributed by atoms with Crippen LogP contribution < -0.4 is 10.2 Å². The summed E-state index contributed by atoms with van der Waals surface area (Å²) in [5.41, 5.74) is 1.13. The Bertz CT molecular complexity index is 614. The van der Waals surface area contributed by atoms with Gasteiger partial charge in [0, 0.05) is 38.6 Å². The molecule has 6 nitrogen and oxygen atoms in total. The maximum atomic E-state index is 11.1. The molecule has 2 aromatic heterocycles. The number of nitrogens with one attached hydrogen (secondary N) is 1. The Morgan fingerprint density at radius 3 is 2.65 bits per heavy atom. The van der Waals surface area contributed by atoms with Gasteiger partial charge in [-0.3, -0.25) is 0 Å². The number of aromatic nitrogens is 2. The molecular formula is C14H16N4O2. The van der Waals surface area contributed by atoms with E-state index in [1.807, 2.05) is 31.1 Å². The molecule has 0 spiro atoms. The predicted octanol–water partition coefficient (Wildman–Crippen LogP) is 1.85. The number of carboxylic acid groups (broad SMARTS) is 1. The van der Waals surface area contributed by atoms with E-state index in [1.54, 1.807) is 18.5 Å². The molecule has 0 aliphatic carbocycles. The van der Waals surface area contributed by atoms with E-state index >= 15 is 0 Å². The Kier molecular flexibility index (Phi) is 4.14. The van der Waals surface area contributed by atoms with Gasteiger partial charge in [-0.2, -0.15) is 0 Å². The first-order valence-electron chi connectivity index (χ1n) is 6.13. The molecule has 0 atom stereocenters. The van der Waals surface area contributed by atoms with Crippen LogP contribution in [0.3, 0.4) is 0 Å². The van der Waals surface area contributed by atoms with Crippen LogP contribution in [0.4, 0.5) is 11.6 Å². The van der Waals surface area contributed by atoms with Crippen LogP contribution in [-0.2, 0) is 6.54 Å². The lowest BCUT2D eigenvalue weighted by molar-refractivity contribution is 0.0697. The molecule has 2 aromatic rings. The molecule has 104 valence electrons. The van der Waals surface area contributed by atoms with Crippen LogP contribution in [0.2, 0.25) is 0 Å². The second kappa shape index (κ2) is 6.01. The third kappa shape index (κ3) is 3.03. The average Bonchev–Trinajstić information content (AvgIpc) is 2.45. The van der Waals surface area contributed by atoms with Gasteiger partial charge in [0.1, 0.15) is 17.2 Å². The van der Waals surface area contributed by atoms with Gasteiger partial charge < -0.3 is 15.3 Å². The third-order valence-corrected chi connectivity index (χ3v) is 2.78. The van der Waals surface area contributed by atoms with Gasteiger partial charge in [-0.25, -0.2) is 14.8 Å². The molecule has 0 unspecified atom stereocenters. The molecule has 0 bridgehead atoms. The highest BCUT2D eigenvalue weighted by atomic mass is 16.4. The highest BCUT2D eigenvalue weighted by Crippen LogP contribution is 2.17. The number of nitrogens with zero attached hydrogens (tertiary/aromatic N) is 3. The lowest BCUT2D eigenvalue weighted by Gasteiger charge is -2.16. The summed E-state index contributed by atoms with van der Waals surface area (Å²) in [6, 6.07) is 6.91. The molecule has 2 rings (SSSR count). The quantitative estimate of drug-likeness (QED) is 0.865. The summed E-state index contributed by atoms with van der Waals surface area (Å²) in [5.74, 6) is 0.195.